The maximum absolute atomic E-state index is 11.3. The Bertz CT molecular complexity index is 755. The van der Waals surface area contributed by atoms with Gasteiger partial charge < -0.3 is 10.1 Å². The third-order valence-electron chi connectivity index (χ3n) is 3.16. The van der Waals surface area contributed by atoms with Crippen LogP contribution in [0.3, 0.4) is 0 Å². The van der Waals surface area contributed by atoms with Crippen LogP contribution < -0.4 is 0 Å². The first-order chi connectivity index (χ1) is 9.20. The van der Waals surface area contributed by atoms with Crippen LogP contribution in [-0.2, 0) is 6.54 Å². The third-order valence-corrected chi connectivity index (χ3v) is 3.16. The number of rotatable bonds is 3. The molecule has 0 saturated heterocycles. The zero-order valence-corrected chi connectivity index (χ0v) is 10.4. The molecule has 5 heteroatoms. The van der Waals surface area contributed by atoms with Crippen LogP contribution in [-0.4, -0.2) is 25.8 Å². The van der Waals surface area contributed by atoms with Gasteiger partial charge in [-0.15, -0.1) is 0 Å². The van der Waals surface area contributed by atoms with Crippen molar-refractivity contribution in [2.24, 2.45) is 0 Å². The summed E-state index contributed by atoms with van der Waals surface area (Å²) in [6.45, 7) is 2.57. The lowest BCUT2D eigenvalue weighted by molar-refractivity contribution is 0.0697. The van der Waals surface area contributed by atoms with Gasteiger partial charge in [0.05, 0.1) is 0 Å². The Morgan fingerprint density at radius 2 is 2.21 bits per heavy atom. The van der Waals surface area contributed by atoms with Crippen LogP contribution in [0.5, 0.6) is 0 Å². The standard InChI is InChI=1S/C14H13N3O2/c1-2-17-8-11(14(18)19)13(16-17)10-7-15-12-6-4-3-5-9(10)12/h3-8,15H,2H2,1H3,(H,18,19). The molecule has 0 atom stereocenters. The van der Waals surface area contributed by atoms with Gasteiger partial charge in [0.15, 0.2) is 0 Å². The van der Waals surface area contributed by atoms with E-state index in [1.165, 1.54) is 0 Å². The molecule has 19 heavy (non-hydrogen) atoms. The van der Waals surface area contributed by atoms with E-state index in [1.807, 2.05) is 31.2 Å². The van der Waals surface area contributed by atoms with Crippen molar-refractivity contribution in [3.8, 4) is 11.3 Å². The van der Waals surface area contributed by atoms with Crippen molar-refractivity contribution in [1.82, 2.24) is 14.8 Å². The largest absolute Gasteiger partial charge is 0.478 e. The van der Waals surface area contributed by atoms with Gasteiger partial charge in [-0.3, -0.25) is 4.68 Å². The number of carbonyl (C=O) groups is 1. The topological polar surface area (TPSA) is 70.9 Å². The Kier molecular flexibility index (Phi) is 2.59. The molecular formula is C14H13N3O2. The van der Waals surface area contributed by atoms with E-state index < -0.39 is 5.97 Å². The zero-order chi connectivity index (χ0) is 13.4. The van der Waals surface area contributed by atoms with Gasteiger partial charge in [0, 0.05) is 35.4 Å². The summed E-state index contributed by atoms with van der Waals surface area (Å²) in [6.07, 6.45) is 3.37. The summed E-state index contributed by atoms with van der Waals surface area (Å²) in [5.41, 5.74) is 2.53. The minimum Gasteiger partial charge on any atom is -0.478 e. The molecule has 0 aliphatic rings. The van der Waals surface area contributed by atoms with Gasteiger partial charge in [0.25, 0.3) is 0 Å². The number of carboxylic acid groups (broad SMARTS) is 1. The van der Waals surface area contributed by atoms with E-state index in [-0.39, 0.29) is 5.56 Å². The van der Waals surface area contributed by atoms with E-state index in [0.29, 0.717) is 12.2 Å². The number of benzene rings is 1. The highest BCUT2D eigenvalue weighted by Crippen LogP contribution is 2.29. The fourth-order valence-electron chi connectivity index (χ4n) is 2.21. The molecule has 0 fully saturated rings. The molecule has 2 heterocycles. The average Bonchev–Trinajstić information content (AvgIpc) is 3.02. The predicted molar refractivity (Wildman–Crippen MR) is 72.2 cm³/mol. The summed E-state index contributed by atoms with van der Waals surface area (Å²) >= 11 is 0. The summed E-state index contributed by atoms with van der Waals surface area (Å²) in [5, 5.41) is 14.6. The summed E-state index contributed by atoms with van der Waals surface area (Å²) < 4.78 is 1.64. The maximum atomic E-state index is 11.3. The SMILES string of the molecule is CCn1cc(C(=O)O)c(-c2c[nH]c3ccccc23)n1. The van der Waals surface area contributed by atoms with Gasteiger partial charge in [-0.25, -0.2) is 4.79 Å². The predicted octanol–water partition coefficient (Wildman–Crippen LogP) is 2.75. The first-order valence-electron chi connectivity index (χ1n) is 6.08. The zero-order valence-electron chi connectivity index (χ0n) is 10.4. The summed E-state index contributed by atoms with van der Waals surface area (Å²) in [6, 6.07) is 7.77. The van der Waals surface area contributed by atoms with Gasteiger partial charge in [0.1, 0.15) is 11.3 Å². The molecular weight excluding hydrogens is 242 g/mol. The fourth-order valence-corrected chi connectivity index (χ4v) is 2.21. The minimum atomic E-state index is -0.958. The second-order valence-corrected chi connectivity index (χ2v) is 4.30. The van der Waals surface area contributed by atoms with Crippen LogP contribution in [0.2, 0.25) is 0 Å². The van der Waals surface area contributed by atoms with Crippen LogP contribution in [0.4, 0.5) is 0 Å². The second kappa shape index (κ2) is 4.28. The fraction of sp³-hybridized carbons (Fsp3) is 0.143. The van der Waals surface area contributed by atoms with Gasteiger partial charge in [-0.05, 0) is 13.0 Å². The Morgan fingerprint density at radius 1 is 1.42 bits per heavy atom. The van der Waals surface area contributed by atoms with Crippen molar-refractivity contribution >= 4 is 16.9 Å². The number of aromatic nitrogens is 3. The number of aromatic amines is 1. The summed E-state index contributed by atoms with van der Waals surface area (Å²) in [7, 11) is 0. The lowest BCUT2D eigenvalue weighted by Gasteiger charge is -1.97. The van der Waals surface area contributed by atoms with Crippen molar-refractivity contribution in [3.05, 3.63) is 42.2 Å². The Morgan fingerprint density at radius 3 is 2.95 bits per heavy atom. The van der Waals surface area contributed by atoms with Gasteiger partial charge >= 0.3 is 5.97 Å². The van der Waals surface area contributed by atoms with Crippen LogP contribution in [0.1, 0.15) is 17.3 Å². The highest BCUT2D eigenvalue weighted by atomic mass is 16.4. The first-order valence-corrected chi connectivity index (χ1v) is 6.08. The second-order valence-electron chi connectivity index (χ2n) is 4.30. The number of para-hydroxylation sites is 1. The highest BCUT2D eigenvalue weighted by Gasteiger charge is 2.19. The molecule has 0 aliphatic carbocycles. The van der Waals surface area contributed by atoms with Gasteiger partial charge in [-0.2, -0.15) is 5.10 Å². The molecule has 5 nitrogen and oxygen atoms in total. The third kappa shape index (κ3) is 1.79. The van der Waals surface area contributed by atoms with E-state index in [2.05, 4.69) is 10.1 Å². The Labute approximate surface area is 109 Å². The van der Waals surface area contributed by atoms with Crippen LogP contribution in [0.15, 0.2) is 36.7 Å². The van der Waals surface area contributed by atoms with E-state index in [1.54, 1.807) is 17.1 Å². The lowest BCUT2D eigenvalue weighted by Crippen LogP contribution is -1.96. The van der Waals surface area contributed by atoms with E-state index >= 15 is 0 Å². The van der Waals surface area contributed by atoms with Crippen molar-refractivity contribution in [3.63, 3.8) is 0 Å². The minimum absolute atomic E-state index is 0.228. The number of aryl methyl sites for hydroxylation is 1. The maximum Gasteiger partial charge on any atom is 0.339 e. The highest BCUT2D eigenvalue weighted by molar-refractivity contribution is 6.01. The molecule has 96 valence electrons. The number of carboxylic acids is 1. The smallest absolute Gasteiger partial charge is 0.339 e. The van der Waals surface area contributed by atoms with Crippen LogP contribution in [0.25, 0.3) is 22.2 Å². The molecule has 2 N–H and O–H groups in total. The molecule has 0 radical (unpaired) electrons. The number of hydrogen-bond acceptors (Lipinski definition) is 2. The molecule has 0 amide bonds. The number of aromatic carboxylic acids is 1. The van der Waals surface area contributed by atoms with Crippen molar-refractivity contribution in [2.75, 3.05) is 0 Å². The molecule has 0 saturated carbocycles. The van der Waals surface area contributed by atoms with Crippen molar-refractivity contribution in [1.29, 1.82) is 0 Å². The molecule has 2 aromatic heterocycles. The quantitative estimate of drug-likeness (QED) is 0.756. The molecule has 3 aromatic rings. The number of nitrogens with one attached hydrogen (secondary N) is 1. The average molecular weight is 255 g/mol. The number of hydrogen-bond donors (Lipinski definition) is 2. The van der Waals surface area contributed by atoms with E-state index in [4.69, 9.17) is 0 Å². The van der Waals surface area contributed by atoms with Crippen LogP contribution in [0, 0.1) is 0 Å². The number of H-pyrrole nitrogens is 1. The first kappa shape index (κ1) is 11.5. The molecule has 3 rings (SSSR count). The Balaban J connectivity index is 2.26. The number of fused-ring (bicyclic) bond motifs is 1. The van der Waals surface area contributed by atoms with Gasteiger partial charge in [0.2, 0.25) is 0 Å². The molecule has 0 spiro atoms. The lowest BCUT2D eigenvalue weighted by atomic mass is 10.1. The monoisotopic (exact) mass is 255 g/mol. The molecule has 0 unspecified atom stereocenters. The van der Waals surface area contributed by atoms with Crippen molar-refractivity contribution < 1.29 is 9.90 Å². The number of nitrogens with zero attached hydrogens (tertiary/aromatic N) is 2. The van der Waals surface area contributed by atoms with Crippen molar-refractivity contribution in [2.45, 2.75) is 13.5 Å². The molecule has 0 bridgehead atoms. The van der Waals surface area contributed by atoms with Crippen LogP contribution >= 0.6 is 0 Å². The van der Waals surface area contributed by atoms with E-state index in [0.717, 1.165) is 16.5 Å². The van der Waals surface area contributed by atoms with E-state index in [9.17, 15) is 9.90 Å². The van der Waals surface area contributed by atoms with Gasteiger partial charge in [-0.1, -0.05) is 18.2 Å². The Hall–Kier alpha value is -2.56. The molecule has 0 aliphatic heterocycles. The summed E-state index contributed by atoms with van der Waals surface area (Å²) in [4.78, 5) is 14.5. The summed E-state index contributed by atoms with van der Waals surface area (Å²) in [5.74, 6) is -0.958. The molecule has 1 aromatic carbocycles. The normalized spacial score (nSPS) is 11.0.